The minimum absolute atomic E-state index is 0.280. The molecule has 0 saturated heterocycles. The first-order chi connectivity index (χ1) is 10.0. The van der Waals surface area contributed by atoms with E-state index < -0.39 is 0 Å². The van der Waals surface area contributed by atoms with Crippen LogP contribution >= 0.6 is 11.6 Å². The molecular weight excluding hydrogens is 288 g/mol. The Morgan fingerprint density at radius 3 is 2.71 bits per heavy atom. The molecule has 0 spiro atoms. The third kappa shape index (κ3) is 3.33. The van der Waals surface area contributed by atoms with Crippen molar-refractivity contribution in [3.05, 3.63) is 58.1 Å². The van der Waals surface area contributed by atoms with E-state index in [-0.39, 0.29) is 5.91 Å². The number of benzene rings is 2. The van der Waals surface area contributed by atoms with Gasteiger partial charge in [-0.25, -0.2) is 0 Å². The lowest BCUT2D eigenvalue weighted by Gasteiger charge is -2.11. The van der Waals surface area contributed by atoms with Crippen LogP contribution in [-0.2, 0) is 0 Å². The van der Waals surface area contributed by atoms with Crippen LogP contribution in [0.5, 0.6) is 5.75 Å². The number of carbonyl (C=O) groups excluding carboxylic acids is 1. The summed E-state index contributed by atoms with van der Waals surface area (Å²) in [4.78, 5) is 12.3. The number of nitriles is 1. The summed E-state index contributed by atoms with van der Waals surface area (Å²) in [6.45, 7) is 1.83. The lowest BCUT2D eigenvalue weighted by Crippen LogP contribution is -2.14. The zero-order chi connectivity index (χ0) is 15.4. The van der Waals surface area contributed by atoms with E-state index in [0.717, 1.165) is 5.56 Å². The molecule has 0 atom stereocenters. The van der Waals surface area contributed by atoms with Crippen LogP contribution < -0.4 is 10.1 Å². The van der Waals surface area contributed by atoms with Crippen LogP contribution in [-0.4, -0.2) is 13.0 Å². The molecular formula is C16H13ClN2O2. The third-order valence-corrected chi connectivity index (χ3v) is 3.26. The number of aryl methyl sites for hydroxylation is 1. The predicted octanol–water partition coefficient (Wildman–Crippen LogP) is 3.78. The quantitative estimate of drug-likeness (QED) is 0.938. The largest absolute Gasteiger partial charge is 0.495 e. The third-order valence-electron chi connectivity index (χ3n) is 3.02. The fraction of sp³-hybridized carbons (Fsp3) is 0.125. The zero-order valence-corrected chi connectivity index (χ0v) is 12.4. The summed E-state index contributed by atoms with van der Waals surface area (Å²) in [5, 5.41) is 12.1. The Balaban J connectivity index is 2.32. The first-order valence-electron chi connectivity index (χ1n) is 6.21. The second kappa shape index (κ2) is 6.29. The summed E-state index contributed by atoms with van der Waals surface area (Å²) in [7, 11) is 1.48. The van der Waals surface area contributed by atoms with E-state index in [9.17, 15) is 4.79 Å². The van der Waals surface area contributed by atoms with E-state index in [4.69, 9.17) is 21.6 Å². The molecule has 2 rings (SSSR count). The van der Waals surface area contributed by atoms with E-state index in [1.54, 1.807) is 36.4 Å². The normalized spacial score (nSPS) is 9.81. The number of hydrogen-bond acceptors (Lipinski definition) is 3. The molecule has 0 saturated carbocycles. The summed E-state index contributed by atoms with van der Waals surface area (Å²) < 4.78 is 5.19. The van der Waals surface area contributed by atoms with Gasteiger partial charge in [0, 0.05) is 16.7 Å². The maximum atomic E-state index is 12.3. The molecule has 2 aromatic carbocycles. The Labute approximate surface area is 127 Å². The van der Waals surface area contributed by atoms with Gasteiger partial charge in [0.1, 0.15) is 5.75 Å². The zero-order valence-electron chi connectivity index (χ0n) is 11.6. The Morgan fingerprint density at radius 1 is 1.29 bits per heavy atom. The highest BCUT2D eigenvalue weighted by molar-refractivity contribution is 6.31. The van der Waals surface area contributed by atoms with Gasteiger partial charge in [-0.1, -0.05) is 17.7 Å². The number of rotatable bonds is 3. The monoisotopic (exact) mass is 300 g/mol. The van der Waals surface area contributed by atoms with Crippen LogP contribution in [0, 0.1) is 18.3 Å². The number of nitrogens with zero attached hydrogens (tertiary/aromatic N) is 1. The summed E-state index contributed by atoms with van der Waals surface area (Å²) >= 11 is 5.92. The average Bonchev–Trinajstić information content (AvgIpc) is 2.49. The minimum atomic E-state index is -0.280. The lowest BCUT2D eigenvalue weighted by atomic mass is 10.1. The van der Waals surface area contributed by atoms with Gasteiger partial charge in [-0.3, -0.25) is 4.79 Å². The first kappa shape index (κ1) is 14.9. The van der Waals surface area contributed by atoms with Crippen LogP contribution in [0.4, 0.5) is 5.69 Å². The Kier molecular flexibility index (Phi) is 4.46. The molecule has 21 heavy (non-hydrogen) atoms. The van der Waals surface area contributed by atoms with E-state index in [0.29, 0.717) is 27.6 Å². The smallest absolute Gasteiger partial charge is 0.256 e. The van der Waals surface area contributed by atoms with Crippen molar-refractivity contribution in [3.63, 3.8) is 0 Å². The molecule has 0 aliphatic rings. The first-order valence-corrected chi connectivity index (χ1v) is 6.58. The molecule has 1 N–H and O–H groups in total. The van der Waals surface area contributed by atoms with Gasteiger partial charge in [0.15, 0.2) is 0 Å². The molecule has 0 aliphatic carbocycles. The number of hydrogen-bond donors (Lipinski definition) is 1. The summed E-state index contributed by atoms with van der Waals surface area (Å²) in [6, 6.07) is 12.0. The second-order valence-electron chi connectivity index (χ2n) is 4.44. The predicted molar refractivity (Wildman–Crippen MR) is 81.9 cm³/mol. The van der Waals surface area contributed by atoms with Crippen LogP contribution in [0.3, 0.4) is 0 Å². The van der Waals surface area contributed by atoms with Crippen molar-refractivity contribution in [2.75, 3.05) is 12.4 Å². The van der Waals surface area contributed by atoms with Crippen molar-refractivity contribution in [1.29, 1.82) is 5.26 Å². The molecule has 0 fully saturated rings. The Morgan fingerprint density at radius 2 is 2.05 bits per heavy atom. The van der Waals surface area contributed by atoms with Crippen LogP contribution in [0.1, 0.15) is 21.5 Å². The minimum Gasteiger partial charge on any atom is -0.495 e. The number of ether oxygens (including phenoxy) is 1. The molecule has 1 amide bonds. The Bertz CT molecular complexity index is 736. The van der Waals surface area contributed by atoms with Gasteiger partial charge in [-0.15, -0.1) is 0 Å². The van der Waals surface area contributed by atoms with E-state index >= 15 is 0 Å². The van der Waals surface area contributed by atoms with E-state index in [1.807, 2.05) is 13.0 Å². The maximum absolute atomic E-state index is 12.3. The molecule has 0 aliphatic heterocycles. The van der Waals surface area contributed by atoms with Gasteiger partial charge in [-0.2, -0.15) is 5.26 Å². The Hall–Kier alpha value is -2.51. The van der Waals surface area contributed by atoms with Crippen molar-refractivity contribution in [3.8, 4) is 11.8 Å². The standard InChI is InChI=1S/C16H13ClN2O2/c1-10-3-5-12(17)8-13(10)16(20)19-14-6-4-11(9-18)7-15(14)21-2/h3-8H,1-2H3,(H,19,20). The number of anilines is 1. The molecule has 5 heteroatoms. The topological polar surface area (TPSA) is 62.1 Å². The number of nitrogens with one attached hydrogen (secondary N) is 1. The van der Waals surface area contributed by atoms with E-state index in [1.165, 1.54) is 7.11 Å². The molecule has 2 aromatic rings. The second-order valence-corrected chi connectivity index (χ2v) is 4.88. The van der Waals surface area contributed by atoms with Crippen molar-refractivity contribution in [1.82, 2.24) is 0 Å². The highest BCUT2D eigenvalue weighted by Crippen LogP contribution is 2.26. The summed E-state index contributed by atoms with van der Waals surface area (Å²) in [5.41, 5.74) is 2.28. The maximum Gasteiger partial charge on any atom is 0.256 e. The fourth-order valence-electron chi connectivity index (χ4n) is 1.89. The van der Waals surface area contributed by atoms with Crippen molar-refractivity contribution < 1.29 is 9.53 Å². The van der Waals surface area contributed by atoms with Gasteiger partial charge < -0.3 is 10.1 Å². The number of amides is 1. The molecule has 0 unspecified atom stereocenters. The van der Waals surface area contributed by atoms with Gasteiger partial charge >= 0.3 is 0 Å². The highest BCUT2D eigenvalue weighted by Gasteiger charge is 2.13. The van der Waals surface area contributed by atoms with Crippen molar-refractivity contribution in [2.45, 2.75) is 6.92 Å². The lowest BCUT2D eigenvalue weighted by molar-refractivity contribution is 0.102. The van der Waals surface area contributed by atoms with Gasteiger partial charge in [-0.05, 0) is 36.8 Å². The summed E-state index contributed by atoms with van der Waals surface area (Å²) in [5.74, 6) is 0.153. The summed E-state index contributed by atoms with van der Waals surface area (Å²) in [6.07, 6.45) is 0. The molecule has 0 aromatic heterocycles. The SMILES string of the molecule is COc1cc(C#N)ccc1NC(=O)c1cc(Cl)ccc1C. The number of carbonyl (C=O) groups is 1. The van der Waals surface area contributed by atoms with Crippen LogP contribution in [0.25, 0.3) is 0 Å². The molecule has 0 heterocycles. The van der Waals surface area contributed by atoms with Gasteiger partial charge in [0.25, 0.3) is 5.91 Å². The van der Waals surface area contributed by atoms with Gasteiger partial charge in [0.2, 0.25) is 0 Å². The molecule has 4 nitrogen and oxygen atoms in total. The average molecular weight is 301 g/mol. The highest BCUT2D eigenvalue weighted by atomic mass is 35.5. The number of methoxy groups -OCH3 is 1. The van der Waals surface area contributed by atoms with E-state index in [2.05, 4.69) is 5.32 Å². The van der Waals surface area contributed by atoms with Gasteiger partial charge in [0.05, 0.1) is 24.4 Å². The number of halogens is 1. The fourth-order valence-corrected chi connectivity index (χ4v) is 2.06. The molecule has 0 bridgehead atoms. The van der Waals surface area contributed by atoms with Crippen molar-refractivity contribution in [2.24, 2.45) is 0 Å². The molecule has 0 radical (unpaired) electrons. The van der Waals surface area contributed by atoms with Crippen LogP contribution in [0.15, 0.2) is 36.4 Å². The van der Waals surface area contributed by atoms with Crippen LogP contribution in [0.2, 0.25) is 5.02 Å². The molecule has 106 valence electrons. The van der Waals surface area contributed by atoms with Crippen molar-refractivity contribution >= 4 is 23.2 Å².